The van der Waals surface area contributed by atoms with E-state index in [1.165, 1.54) is 0 Å². The van der Waals surface area contributed by atoms with Crippen molar-refractivity contribution in [3.63, 3.8) is 0 Å². The molecule has 0 saturated heterocycles. The minimum absolute atomic E-state index is 0.00543. The molecule has 3 aromatic carbocycles. The number of aliphatic hydroxyl groups excluding tert-OH is 1. The van der Waals surface area contributed by atoms with Crippen molar-refractivity contribution in [3.8, 4) is 0 Å². The number of nitrogens with zero attached hydrogens (tertiary/aromatic N) is 1. The zero-order chi connectivity index (χ0) is 18.5. The molecule has 1 unspecified atom stereocenters. The molecule has 4 heteroatoms. The Labute approximate surface area is 162 Å². The van der Waals surface area contributed by atoms with E-state index in [1.807, 2.05) is 65.6 Å². The Balaban J connectivity index is 1.75. The summed E-state index contributed by atoms with van der Waals surface area (Å²) in [6.45, 7) is 0.494. The second kappa shape index (κ2) is 6.08. The Morgan fingerprint density at radius 1 is 0.889 bits per heavy atom. The van der Waals surface area contributed by atoms with Gasteiger partial charge in [-0.3, -0.25) is 4.79 Å². The number of allylic oxidation sites excluding steroid dienone is 1. The van der Waals surface area contributed by atoms with Crippen molar-refractivity contribution in [2.75, 3.05) is 0 Å². The van der Waals surface area contributed by atoms with E-state index in [4.69, 9.17) is 11.6 Å². The maximum Gasteiger partial charge on any atom is 0.196 e. The van der Waals surface area contributed by atoms with Crippen LogP contribution >= 0.6 is 11.6 Å². The average molecular weight is 374 g/mol. The van der Waals surface area contributed by atoms with Crippen molar-refractivity contribution < 1.29 is 9.90 Å². The highest BCUT2D eigenvalue weighted by molar-refractivity contribution is 6.40. The largest absolute Gasteiger partial charge is 0.369 e. The molecule has 2 aliphatic rings. The van der Waals surface area contributed by atoms with Gasteiger partial charge in [0.05, 0.1) is 11.3 Å². The summed E-state index contributed by atoms with van der Waals surface area (Å²) >= 11 is 6.19. The maximum atomic E-state index is 13.2. The van der Waals surface area contributed by atoms with Crippen LogP contribution in [0.5, 0.6) is 0 Å². The van der Waals surface area contributed by atoms with E-state index in [0.29, 0.717) is 28.3 Å². The molecular formula is C23H16ClNO2. The number of hydrogen-bond donors (Lipinski definition) is 1. The van der Waals surface area contributed by atoms with Crippen molar-refractivity contribution in [3.05, 3.63) is 106 Å². The predicted molar refractivity (Wildman–Crippen MR) is 106 cm³/mol. The number of fused-ring (bicyclic) bond motifs is 4. The van der Waals surface area contributed by atoms with Gasteiger partial charge in [-0.2, -0.15) is 0 Å². The molecule has 3 aromatic rings. The number of Topliss-reactive ketones (excluding diaryl/α,β-unsaturated/α-hetero) is 1. The SMILES string of the molecule is O=C1C2=C(c3ccccc31)N(Cc1ccccc1)C(O)c1cc(Cl)ccc12. The fourth-order valence-corrected chi connectivity index (χ4v) is 4.20. The quantitative estimate of drug-likeness (QED) is 0.693. The van der Waals surface area contributed by atoms with Gasteiger partial charge < -0.3 is 10.0 Å². The molecule has 1 aliphatic carbocycles. The van der Waals surface area contributed by atoms with E-state index in [2.05, 4.69) is 0 Å². The highest BCUT2D eigenvalue weighted by atomic mass is 35.5. The van der Waals surface area contributed by atoms with Crippen LogP contribution in [0.4, 0.5) is 0 Å². The van der Waals surface area contributed by atoms with Gasteiger partial charge in [-0.25, -0.2) is 0 Å². The van der Waals surface area contributed by atoms with Crippen LogP contribution in [0.25, 0.3) is 11.3 Å². The molecule has 0 saturated carbocycles. The number of aliphatic hydroxyl groups is 1. The van der Waals surface area contributed by atoms with Gasteiger partial charge in [-0.1, -0.05) is 72.3 Å². The maximum absolute atomic E-state index is 13.2. The fraction of sp³-hybridized carbons (Fsp3) is 0.0870. The lowest BCUT2D eigenvalue weighted by Crippen LogP contribution is -2.31. The summed E-state index contributed by atoms with van der Waals surface area (Å²) in [5.74, 6) is -0.00543. The van der Waals surface area contributed by atoms with E-state index >= 15 is 0 Å². The molecule has 0 fully saturated rings. The van der Waals surface area contributed by atoms with Gasteiger partial charge in [0.1, 0.15) is 0 Å². The molecule has 3 nitrogen and oxygen atoms in total. The summed E-state index contributed by atoms with van der Waals surface area (Å²) in [6.07, 6.45) is -0.878. The van der Waals surface area contributed by atoms with Crippen LogP contribution in [-0.4, -0.2) is 15.8 Å². The van der Waals surface area contributed by atoms with Gasteiger partial charge >= 0.3 is 0 Å². The number of ketones is 1. The van der Waals surface area contributed by atoms with Crippen LogP contribution < -0.4 is 0 Å². The zero-order valence-electron chi connectivity index (χ0n) is 14.4. The Morgan fingerprint density at radius 2 is 1.59 bits per heavy atom. The third-order valence-electron chi connectivity index (χ3n) is 5.23. The number of carbonyl (C=O) groups excluding carboxylic acids is 1. The van der Waals surface area contributed by atoms with Crippen molar-refractivity contribution in [1.82, 2.24) is 4.90 Å². The predicted octanol–water partition coefficient (Wildman–Crippen LogP) is 4.91. The third kappa shape index (κ3) is 2.43. The van der Waals surface area contributed by atoms with Gasteiger partial charge in [0, 0.05) is 28.3 Å². The standard InChI is InChI=1S/C23H16ClNO2/c24-15-10-11-16-19(12-15)23(27)25(13-14-6-2-1-3-7-14)21-17-8-4-5-9-18(17)22(26)20(16)21/h1-12,23,27H,13H2. The molecule has 0 bridgehead atoms. The first kappa shape index (κ1) is 16.3. The number of rotatable bonds is 2. The molecule has 1 atom stereocenters. The normalized spacial score (nSPS) is 17.6. The first-order valence-electron chi connectivity index (χ1n) is 8.82. The summed E-state index contributed by atoms with van der Waals surface area (Å²) in [4.78, 5) is 15.1. The molecule has 0 spiro atoms. The van der Waals surface area contributed by atoms with Crippen LogP contribution in [-0.2, 0) is 6.54 Å². The third-order valence-corrected chi connectivity index (χ3v) is 5.47. The molecule has 1 aliphatic heterocycles. The summed E-state index contributed by atoms with van der Waals surface area (Å²) in [7, 11) is 0. The molecule has 5 rings (SSSR count). The Kier molecular flexibility index (Phi) is 3.67. The van der Waals surface area contributed by atoms with Crippen LogP contribution in [0.15, 0.2) is 72.8 Å². The average Bonchev–Trinajstić information content (AvgIpc) is 2.99. The molecule has 0 amide bonds. The van der Waals surface area contributed by atoms with Crippen molar-refractivity contribution in [2.24, 2.45) is 0 Å². The van der Waals surface area contributed by atoms with Crippen LogP contribution in [0.2, 0.25) is 5.02 Å². The molecular weight excluding hydrogens is 358 g/mol. The summed E-state index contributed by atoms with van der Waals surface area (Å²) in [5.41, 5.74) is 5.46. The van der Waals surface area contributed by atoms with E-state index in [1.54, 1.807) is 12.1 Å². The van der Waals surface area contributed by atoms with Crippen molar-refractivity contribution in [2.45, 2.75) is 12.8 Å². The van der Waals surface area contributed by atoms with Crippen molar-refractivity contribution >= 4 is 28.7 Å². The van der Waals surface area contributed by atoms with Crippen LogP contribution in [0.3, 0.4) is 0 Å². The molecule has 0 radical (unpaired) electrons. The smallest absolute Gasteiger partial charge is 0.196 e. The van der Waals surface area contributed by atoms with E-state index < -0.39 is 6.23 Å². The second-order valence-electron chi connectivity index (χ2n) is 6.82. The minimum atomic E-state index is -0.878. The lowest BCUT2D eigenvalue weighted by molar-refractivity contribution is 0.0380. The summed E-state index contributed by atoms with van der Waals surface area (Å²) < 4.78 is 0. The zero-order valence-corrected chi connectivity index (χ0v) is 15.1. The highest BCUT2D eigenvalue weighted by Crippen LogP contribution is 2.49. The van der Waals surface area contributed by atoms with Gasteiger partial charge in [-0.05, 0) is 23.3 Å². The van der Waals surface area contributed by atoms with E-state index in [9.17, 15) is 9.90 Å². The molecule has 1 heterocycles. The summed E-state index contributed by atoms with van der Waals surface area (Å²) in [6, 6.07) is 22.9. The van der Waals surface area contributed by atoms with Gasteiger partial charge in [0.15, 0.2) is 12.0 Å². The van der Waals surface area contributed by atoms with E-state index in [0.717, 1.165) is 22.4 Å². The minimum Gasteiger partial charge on any atom is -0.369 e. The van der Waals surface area contributed by atoms with Gasteiger partial charge in [0.2, 0.25) is 0 Å². The van der Waals surface area contributed by atoms with E-state index in [-0.39, 0.29) is 5.78 Å². The Bertz CT molecular complexity index is 1100. The first-order valence-corrected chi connectivity index (χ1v) is 9.20. The lowest BCUT2D eigenvalue weighted by atomic mass is 9.91. The number of hydrogen-bond acceptors (Lipinski definition) is 3. The Hall–Kier alpha value is -2.88. The van der Waals surface area contributed by atoms with Crippen LogP contribution in [0.1, 0.15) is 38.8 Å². The van der Waals surface area contributed by atoms with Gasteiger partial charge in [-0.15, -0.1) is 0 Å². The monoisotopic (exact) mass is 373 g/mol. The van der Waals surface area contributed by atoms with Crippen LogP contribution in [0, 0.1) is 0 Å². The molecule has 132 valence electrons. The van der Waals surface area contributed by atoms with Crippen molar-refractivity contribution in [1.29, 1.82) is 0 Å². The van der Waals surface area contributed by atoms with Gasteiger partial charge in [0.25, 0.3) is 0 Å². The highest BCUT2D eigenvalue weighted by Gasteiger charge is 2.41. The number of halogens is 1. The molecule has 0 aromatic heterocycles. The Morgan fingerprint density at radius 3 is 2.37 bits per heavy atom. The molecule has 1 N–H and O–H groups in total. The number of carbonyl (C=O) groups is 1. The summed E-state index contributed by atoms with van der Waals surface area (Å²) in [5, 5.41) is 11.7. The first-order chi connectivity index (χ1) is 13.1. The lowest BCUT2D eigenvalue weighted by Gasteiger charge is -2.37. The number of benzene rings is 3. The fourth-order valence-electron chi connectivity index (χ4n) is 4.02. The molecule has 27 heavy (non-hydrogen) atoms. The second-order valence-corrected chi connectivity index (χ2v) is 7.25. The topological polar surface area (TPSA) is 40.5 Å².